The summed E-state index contributed by atoms with van der Waals surface area (Å²) in [4.78, 5) is -0.279. The van der Waals surface area contributed by atoms with Crippen molar-refractivity contribution in [2.75, 3.05) is 0 Å². The number of aryl methyl sites for hydroxylation is 1. The van der Waals surface area contributed by atoms with Gasteiger partial charge >= 0.3 is 0 Å². The lowest BCUT2D eigenvalue weighted by Gasteiger charge is -2.15. The van der Waals surface area contributed by atoms with Gasteiger partial charge in [-0.05, 0) is 36.6 Å². The van der Waals surface area contributed by atoms with E-state index in [2.05, 4.69) is 0 Å². The van der Waals surface area contributed by atoms with Gasteiger partial charge in [0.25, 0.3) is 10.1 Å². The highest BCUT2D eigenvalue weighted by Crippen LogP contribution is 2.34. The smallest absolute Gasteiger partial charge is 0.282 e. The lowest BCUT2D eigenvalue weighted by Crippen LogP contribution is -2.07. The second-order valence-corrected chi connectivity index (χ2v) is 6.23. The SMILES string of the molecule is CCc1c(C)ccc(-c2ccc(C#N)cc2F)c1S(=O)(=O)O. The van der Waals surface area contributed by atoms with Gasteiger partial charge in [0.05, 0.1) is 11.6 Å². The van der Waals surface area contributed by atoms with Crippen LogP contribution in [0.15, 0.2) is 35.2 Å². The van der Waals surface area contributed by atoms with Crippen LogP contribution in [0.2, 0.25) is 0 Å². The summed E-state index contributed by atoms with van der Waals surface area (Å²) >= 11 is 0. The Hall–Kier alpha value is -2.23. The van der Waals surface area contributed by atoms with Crippen molar-refractivity contribution in [3.8, 4) is 17.2 Å². The average molecular weight is 319 g/mol. The summed E-state index contributed by atoms with van der Waals surface area (Å²) in [6.07, 6.45) is 0.382. The summed E-state index contributed by atoms with van der Waals surface area (Å²) in [5.74, 6) is -0.713. The monoisotopic (exact) mass is 319 g/mol. The van der Waals surface area contributed by atoms with Crippen LogP contribution in [0, 0.1) is 24.1 Å². The molecule has 6 heteroatoms. The zero-order valence-electron chi connectivity index (χ0n) is 12.1. The molecule has 2 rings (SSSR count). The van der Waals surface area contributed by atoms with Crippen molar-refractivity contribution in [1.82, 2.24) is 0 Å². The molecule has 0 saturated carbocycles. The van der Waals surface area contributed by atoms with Crippen molar-refractivity contribution < 1.29 is 17.4 Å². The summed E-state index contributed by atoms with van der Waals surface area (Å²) < 4.78 is 47.3. The molecule has 0 radical (unpaired) electrons. The topological polar surface area (TPSA) is 78.2 Å². The lowest BCUT2D eigenvalue weighted by atomic mass is 9.97. The van der Waals surface area contributed by atoms with Crippen LogP contribution >= 0.6 is 0 Å². The van der Waals surface area contributed by atoms with Crippen LogP contribution in [-0.4, -0.2) is 13.0 Å². The Morgan fingerprint density at radius 2 is 1.86 bits per heavy atom. The molecule has 0 aromatic heterocycles. The minimum Gasteiger partial charge on any atom is -0.282 e. The van der Waals surface area contributed by atoms with E-state index in [9.17, 15) is 17.4 Å². The molecule has 0 bridgehead atoms. The maximum atomic E-state index is 14.2. The van der Waals surface area contributed by atoms with Crippen molar-refractivity contribution in [3.63, 3.8) is 0 Å². The van der Waals surface area contributed by atoms with Crippen molar-refractivity contribution in [3.05, 3.63) is 52.8 Å². The molecule has 0 amide bonds. The summed E-state index contributed by atoms with van der Waals surface area (Å²) in [7, 11) is -4.51. The molecule has 0 heterocycles. The van der Waals surface area contributed by atoms with Gasteiger partial charge in [0.15, 0.2) is 0 Å². The van der Waals surface area contributed by atoms with E-state index in [4.69, 9.17) is 5.26 Å². The first-order valence-corrected chi connectivity index (χ1v) is 8.03. The van der Waals surface area contributed by atoms with E-state index >= 15 is 0 Å². The Morgan fingerprint density at radius 3 is 2.36 bits per heavy atom. The standard InChI is InChI=1S/C16H14FNO3S/c1-3-12-10(2)4-6-14(16(12)22(19,20)21)13-7-5-11(9-18)8-15(13)17/h4-8H,3H2,1-2H3,(H,19,20,21). The maximum Gasteiger partial charge on any atom is 0.295 e. The van der Waals surface area contributed by atoms with Gasteiger partial charge in [0.2, 0.25) is 0 Å². The van der Waals surface area contributed by atoms with Crippen LogP contribution in [0.5, 0.6) is 0 Å². The third-order valence-corrected chi connectivity index (χ3v) is 4.48. The van der Waals surface area contributed by atoms with Crippen LogP contribution in [0.4, 0.5) is 4.39 Å². The van der Waals surface area contributed by atoms with Crippen LogP contribution < -0.4 is 0 Å². The minimum absolute atomic E-state index is 0.0290. The quantitative estimate of drug-likeness (QED) is 0.879. The molecule has 1 N–H and O–H groups in total. The Kier molecular flexibility index (Phi) is 4.31. The fourth-order valence-corrected chi connectivity index (χ4v) is 3.55. The van der Waals surface area contributed by atoms with Crippen molar-refractivity contribution in [2.45, 2.75) is 25.2 Å². The van der Waals surface area contributed by atoms with Gasteiger partial charge in [-0.2, -0.15) is 13.7 Å². The predicted molar refractivity (Wildman–Crippen MR) is 80.5 cm³/mol. The van der Waals surface area contributed by atoms with Gasteiger partial charge in [0.1, 0.15) is 10.7 Å². The van der Waals surface area contributed by atoms with Gasteiger partial charge in [-0.25, -0.2) is 4.39 Å². The lowest BCUT2D eigenvalue weighted by molar-refractivity contribution is 0.482. The van der Waals surface area contributed by atoms with Crippen LogP contribution in [0.3, 0.4) is 0 Å². The number of benzene rings is 2. The summed E-state index contributed by atoms with van der Waals surface area (Å²) in [5, 5.41) is 8.77. The number of rotatable bonds is 3. The fraction of sp³-hybridized carbons (Fsp3) is 0.188. The maximum absolute atomic E-state index is 14.2. The second kappa shape index (κ2) is 5.87. The number of hydrogen-bond donors (Lipinski definition) is 1. The van der Waals surface area contributed by atoms with Crippen LogP contribution in [0.1, 0.15) is 23.6 Å². The van der Waals surface area contributed by atoms with Crippen molar-refractivity contribution >= 4 is 10.1 Å². The molecular weight excluding hydrogens is 305 g/mol. The molecule has 0 aliphatic carbocycles. The molecule has 0 aliphatic heterocycles. The van der Waals surface area contributed by atoms with E-state index in [0.717, 1.165) is 6.07 Å². The second-order valence-electron chi connectivity index (χ2n) is 4.87. The highest BCUT2D eigenvalue weighted by Gasteiger charge is 2.23. The largest absolute Gasteiger partial charge is 0.295 e. The average Bonchev–Trinajstić information content (AvgIpc) is 2.46. The van der Waals surface area contributed by atoms with Crippen molar-refractivity contribution in [1.29, 1.82) is 5.26 Å². The van der Waals surface area contributed by atoms with Gasteiger partial charge in [-0.3, -0.25) is 4.55 Å². The van der Waals surface area contributed by atoms with E-state index in [1.54, 1.807) is 19.9 Å². The Balaban J connectivity index is 2.85. The Morgan fingerprint density at radius 1 is 1.23 bits per heavy atom. The van der Waals surface area contributed by atoms with Gasteiger partial charge in [-0.15, -0.1) is 0 Å². The molecule has 0 saturated heterocycles. The number of nitrogens with zero attached hydrogens (tertiary/aromatic N) is 1. The van der Waals surface area contributed by atoms with E-state index in [-0.39, 0.29) is 21.6 Å². The molecule has 22 heavy (non-hydrogen) atoms. The highest BCUT2D eigenvalue weighted by molar-refractivity contribution is 7.86. The molecular formula is C16H14FNO3S. The molecule has 0 spiro atoms. The van der Waals surface area contributed by atoms with E-state index < -0.39 is 15.9 Å². The third kappa shape index (κ3) is 2.86. The number of nitriles is 1. The van der Waals surface area contributed by atoms with Crippen LogP contribution in [0.25, 0.3) is 11.1 Å². The zero-order chi connectivity index (χ0) is 16.5. The first kappa shape index (κ1) is 16.1. The molecule has 0 fully saturated rings. The Labute approximate surface area is 128 Å². The highest BCUT2D eigenvalue weighted by atomic mass is 32.2. The summed E-state index contributed by atoms with van der Waals surface area (Å²) in [6, 6.07) is 8.73. The number of halogens is 1. The molecule has 0 atom stereocenters. The Bertz CT molecular complexity index is 883. The summed E-state index contributed by atoms with van der Waals surface area (Å²) in [5.41, 5.74) is 1.41. The minimum atomic E-state index is -4.51. The predicted octanol–water partition coefficient (Wildman–Crippen LogP) is 3.48. The van der Waals surface area contributed by atoms with Gasteiger partial charge in [-0.1, -0.05) is 25.1 Å². The van der Waals surface area contributed by atoms with Crippen LogP contribution in [-0.2, 0) is 16.5 Å². The first-order chi connectivity index (χ1) is 10.3. The molecule has 0 aliphatic rings. The van der Waals surface area contributed by atoms with Gasteiger partial charge in [0, 0.05) is 11.1 Å². The summed E-state index contributed by atoms with van der Waals surface area (Å²) in [6.45, 7) is 3.49. The van der Waals surface area contributed by atoms with Crippen molar-refractivity contribution in [2.24, 2.45) is 0 Å². The van der Waals surface area contributed by atoms with E-state index in [1.807, 2.05) is 6.07 Å². The first-order valence-electron chi connectivity index (χ1n) is 6.59. The third-order valence-electron chi connectivity index (χ3n) is 3.49. The fourth-order valence-electron chi connectivity index (χ4n) is 2.48. The molecule has 2 aromatic carbocycles. The zero-order valence-corrected chi connectivity index (χ0v) is 12.9. The van der Waals surface area contributed by atoms with Gasteiger partial charge < -0.3 is 0 Å². The van der Waals surface area contributed by atoms with E-state index in [1.165, 1.54) is 18.2 Å². The number of hydrogen-bond acceptors (Lipinski definition) is 3. The molecule has 4 nitrogen and oxygen atoms in total. The molecule has 2 aromatic rings. The molecule has 0 unspecified atom stereocenters. The molecule has 114 valence electrons. The normalized spacial score (nSPS) is 11.2. The van der Waals surface area contributed by atoms with E-state index in [0.29, 0.717) is 17.5 Å².